The van der Waals surface area contributed by atoms with Crippen molar-refractivity contribution in [3.05, 3.63) is 35.9 Å². The van der Waals surface area contributed by atoms with Gasteiger partial charge in [0, 0.05) is 31.7 Å². The summed E-state index contributed by atoms with van der Waals surface area (Å²) in [4.78, 5) is 1.81. The third kappa shape index (κ3) is 2.77. The van der Waals surface area contributed by atoms with Crippen LogP contribution < -0.4 is 5.32 Å². The molecule has 16 heavy (non-hydrogen) atoms. The summed E-state index contributed by atoms with van der Waals surface area (Å²) in [6.07, 6.45) is 0. The SMILES string of the molecule is FC(F)(CN1CCNCC1)c1ccccc1. The number of piperazine rings is 1. The van der Waals surface area contributed by atoms with E-state index in [1.165, 1.54) is 12.1 Å². The van der Waals surface area contributed by atoms with E-state index in [1.807, 2.05) is 4.90 Å². The number of hydrogen-bond donors (Lipinski definition) is 1. The minimum atomic E-state index is -2.75. The van der Waals surface area contributed by atoms with E-state index in [1.54, 1.807) is 18.2 Å². The maximum absolute atomic E-state index is 13.9. The van der Waals surface area contributed by atoms with Crippen molar-refractivity contribution in [3.63, 3.8) is 0 Å². The van der Waals surface area contributed by atoms with Crippen LogP contribution in [0, 0.1) is 0 Å². The van der Waals surface area contributed by atoms with Gasteiger partial charge in [0.15, 0.2) is 0 Å². The van der Waals surface area contributed by atoms with E-state index in [9.17, 15) is 8.78 Å². The van der Waals surface area contributed by atoms with Crippen molar-refractivity contribution >= 4 is 0 Å². The van der Waals surface area contributed by atoms with Gasteiger partial charge in [0.05, 0.1) is 6.54 Å². The zero-order chi connectivity index (χ0) is 11.4. The topological polar surface area (TPSA) is 15.3 Å². The molecule has 0 spiro atoms. The van der Waals surface area contributed by atoms with Crippen molar-refractivity contribution in [3.8, 4) is 0 Å². The average Bonchev–Trinajstić information content (AvgIpc) is 2.31. The lowest BCUT2D eigenvalue weighted by Crippen LogP contribution is -2.47. The van der Waals surface area contributed by atoms with Crippen LogP contribution in [0.1, 0.15) is 5.56 Å². The van der Waals surface area contributed by atoms with Crippen molar-refractivity contribution in [2.45, 2.75) is 5.92 Å². The van der Waals surface area contributed by atoms with E-state index >= 15 is 0 Å². The van der Waals surface area contributed by atoms with Gasteiger partial charge >= 0.3 is 0 Å². The lowest BCUT2D eigenvalue weighted by molar-refractivity contribution is -0.0400. The van der Waals surface area contributed by atoms with Crippen LogP contribution in [-0.2, 0) is 5.92 Å². The van der Waals surface area contributed by atoms with Crippen molar-refractivity contribution in [1.29, 1.82) is 0 Å². The van der Waals surface area contributed by atoms with Crippen LogP contribution in [0.25, 0.3) is 0 Å². The molecule has 0 amide bonds. The highest BCUT2D eigenvalue weighted by Crippen LogP contribution is 2.28. The third-order valence-electron chi connectivity index (χ3n) is 2.83. The molecule has 0 atom stereocenters. The predicted octanol–water partition coefficient (Wildman–Crippen LogP) is 1.68. The molecule has 1 aliphatic rings. The molecule has 0 radical (unpaired) electrons. The van der Waals surface area contributed by atoms with Crippen molar-refractivity contribution in [2.75, 3.05) is 32.7 Å². The Labute approximate surface area is 94.3 Å². The number of rotatable bonds is 3. The number of hydrogen-bond acceptors (Lipinski definition) is 2. The Bertz CT molecular complexity index is 321. The zero-order valence-corrected chi connectivity index (χ0v) is 9.13. The van der Waals surface area contributed by atoms with Gasteiger partial charge in [-0.2, -0.15) is 8.78 Å². The second-order valence-corrected chi connectivity index (χ2v) is 4.10. The van der Waals surface area contributed by atoms with E-state index in [4.69, 9.17) is 0 Å². The summed E-state index contributed by atoms with van der Waals surface area (Å²) in [5.41, 5.74) is 0.105. The molecule has 1 N–H and O–H groups in total. The maximum Gasteiger partial charge on any atom is 0.285 e. The van der Waals surface area contributed by atoms with E-state index in [-0.39, 0.29) is 12.1 Å². The minimum absolute atomic E-state index is 0.105. The van der Waals surface area contributed by atoms with Crippen LogP contribution in [0.3, 0.4) is 0 Å². The largest absolute Gasteiger partial charge is 0.314 e. The lowest BCUT2D eigenvalue weighted by Gasteiger charge is -2.30. The highest BCUT2D eigenvalue weighted by molar-refractivity contribution is 5.20. The number of alkyl halides is 2. The molecule has 0 saturated carbocycles. The zero-order valence-electron chi connectivity index (χ0n) is 9.13. The lowest BCUT2D eigenvalue weighted by atomic mass is 10.1. The van der Waals surface area contributed by atoms with E-state index in [0.717, 1.165) is 13.1 Å². The molecule has 88 valence electrons. The number of halogens is 2. The summed E-state index contributed by atoms with van der Waals surface area (Å²) < 4.78 is 27.8. The van der Waals surface area contributed by atoms with Crippen LogP contribution >= 0.6 is 0 Å². The molecule has 1 saturated heterocycles. The Hall–Kier alpha value is -1.00. The van der Waals surface area contributed by atoms with Crippen LogP contribution in [0.5, 0.6) is 0 Å². The van der Waals surface area contributed by atoms with Crippen LogP contribution in [0.15, 0.2) is 30.3 Å². The summed E-state index contributed by atoms with van der Waals surface area (Å²) in [5, 5.41) is 3.15. The van der Waals surface area contributed by atoms with E-state index in [0.29, 0.717) is 13.1 Å². The molecule has 4 heteroatoms. The van der Waals surface area contributed by atoms with Gasteiger partial charge in [0.2, 0.25) is 0 Å². The Morgan fingerprint density at radius 1 is 1.12 bits per heavy atom. The Balaban J connectivity index is 2.01. The summed E-state index contributed by atoms with van der Waals surface area (Å²) in [7, 11) is 0. The molecule has 0 aliphatic carbocycles. The molecule has 1 aliphatic heterocycles. The highest BCUT2D eigenvalue weighted by atomic mass is 19.3. The number of benzene rings is 1. The fourth-order valence-electron chi connectivity index (χ4n) is 1.92. The summed E-state index contributed by atoms with van der Waals surface area (Å²) in [6.45, 7) is 2.80. The number of nitrogens with one attached hydrogen (secondary N) is 1. The first kappa shape index (κ1) is 11.5. The smallest absolute Gasteiger partial charge is 0.285 e. The van der Waals surface area contributed by atoms with Gasteiger partial charge in [-0.15, -0.1) is 0 Å². The van der Waals surface area contributed by atoms with Crippen molar-refractivity contribution in [2.24, 2.45) is 0 Å². The van der Waals surface area contributed by atoms with Crippen LogP contribution in [0.2, 0.25) is 0 Å². The van der Waals surface area contributed by atoms with Crippen molar-refractivity contribution in [1.82, 2.24) is 10.2 Å². The molecular formula is C12H16F2N2. The Kier molecular flexibility index (Phi) is 3.51. The normalized spacial score (nSPS) is 18.6. The Morgan fingerprint density at radius 3 is 2.38 bits per heavy atom. The molecule has 0 aromatic heterocycles. The Morgan fingerprint density at radius 2 is 1.75 bits per heavy atom. The first-order valence-corrected chi connectivity index (χ1v) is 5.55. The van der Waals surface area contributed by atoms with Gasteiger partial charge in [-0.25, -0.2) is 0 Å². The molecule has 1 aromatic carbocycles. The molecule has 2 rings (SSSR count). The first-order valence-electron chi connectivity index (χ1n) is 5.55. The molecule has 1 heterocycles. The maximum atomic E-state index is 13.9. The second kappa shape index (κ2) is 4.89. The molecule has 1 fully saturated rings. The number of nitrogens with zero attached hydrogens (tertiary/aromatic N) is 1. The summed E-state index contributed by atoms with van der Waals surface area (Å²) in [6, 6.07) is 8.04. The molecular weight excluding hydrogens is 210 g/mol. The molecule has 1 aromatic rings. The summed E-state index contributed by atoms with van der Waals surface area (Å²) >= 11 is 0. The van der Waals surface area contributed by atoms with E-state index < -0.39 is 5.92 Å². The highest BCUT2D eigenvalue weighted by Gasteiger charge is 2.33. The summed E-state index contributed by atoms with van der Waals surface area (Å²) in [5.74, 6) is -2.75. The second-order valence-electron chi connectivity index (χ2n) is 4.10. The quantitative estimate of drug-likeness (QED) is 0.843. The van der Waals surface area contributed by atoms with Crippen molar-refractivity contribution < 1.29 is 8.78 Å². The predicted molar refractivity (Wildman–Crippen MR) is 59.6 cm³/mol. The molecule has 0 bridgehead atoms. The van der Waals surface area contributed by atoms with Gasteiger partial charge in [0.25, 0.3) is 5.92 Å². The van der Waals surface area contributed by atoms with Crippen LogP contribution in [0.4, 0.5) is 8.78 Å². The van der Waals surface area contributed by atoms with Gasteiger partial charge in [-0.1, -0.05) is 30.3 Å². The first-order chi connectivity index (χ1) is 7.68. The van der Waals surface area contributed by atoms with Gasteiger partial charge in [0.1, 0.15) is 0 Å². The standard InChI is InChI=1S/C12H16F2N2/c13-12(14,11-4-2-1-3-5-11)10-16-8-6-15-7-9-16/h1-5,15H,6-10H2. The molecule has 2 nitrogen and oxygen atoms in total. The van der Waals surface area contributed by atoms with Gasteiger partial charge in [-0.3, -0.25) is 4.90 Å². The third-order valence-corrected chi connectivity index (χ3v) is 2.83. The van der Waals surface area contributed by atoms with Crippen LogP contribution in [-0.4, -0.2) is 37.6 Å². The molecule has 0 unspecified atom stereocenters. The monoisotopic (exact) mass is 226 g/mol. The van der Waals surface area contributed by atoms with Gasteiger partial charge in [-0.05, 0) is 0 Å². The fourth-order valence-corrected chi connectivity index (χ4v) is 1.92. The minimum Gasteiger partial charge on any atom is -0.314 e. The van der Waals surface area contributed by atoms with Gasteiger partial charge < -0.3 is 5.32 Å². The average molecular weight is 226 g/mol. The fraction of sp³-hybridized carbons (Fsp3) is 0.500. The van der Waals surface area contributed by atoms with E-state index in [2.05, 4.69) is 5.32 Å².